The van der Waals surface area contributed by atoms with E-state index in [-0.39, 0.29) is 6.42 Å². The van der Waals surface area contributed by atoms with Crippen molar-refractivity contribution in [3.63, 3.8) is 0 Å². The maximum atomic E-state index is 14.2. The Labute approximate surface area is 193 Å². The maximum Gasteiger partial charge on any atom is 0.244 e. The van der Waals surface area contributed by atoms with E-state index in [9.17, 15) is 17.6 Å². The predicted molar refractivity (Wildman–Crippen MR) is 127 cm³/mol. The molecule has 172 valence electrons. The van der Waals surface area contributed by atoms with Gasteiger partial charge in [-0.2, -0.15) is 4.72 Å². The second-order valence-corrected chi connectivity index (χ2v) is 9.71. The van der Waals surface area contributed by atoms with Gasteiger partial charge in [0.05, 0.1) is 0 Å². The van der Waals surface area contributed by atoms with E-state index in [2.05, 4.69) is 14.9 Å². The Bertz CT molecular complexity index is 1210. The molecule has 0 radical (unpaired) electrons. The van der Waals surface area contributed by atoms with E-state index < -0.39 is 32.7 Å². The third-order valence-electron chi connectivity index (χ3n) is 5.61. The molecular formula is C25H26FN3O3S. The minimum atomic E-state index is -4.26. The van der Waals surface area contributed by atoms with Gasteiger partial charge >= 0.3 is 0 Å². The molecule has 3 aromatic carbocycles. The molecular weight excluding hydrogens is 441 g/mol. The smallest absolute Gasteiger partial charge is 0.244 e. The monoisotopic (exact) mass is 467 g/mol. The largest absolute Gasteiger partial charge is 0.371 e. The molecule has 4 rings (SSSR count). The molecule has 0 aromatic heterocycles. The second kappa shape index (κ2) is 10.1. The number of amides is 1. The normalized spacial score (nSPS) is 14.8. The van der Waals surface area contributed by atoms with Gasteiger partial charge in [-0.15, -0.1) is 0 Å². The zero-order valence-corrected chi connectivity index (χ0v) is 18.9. The second-order valence-electron chi connectivity index (χ2n) is 8.03. The van der Waals surface area contributed by atoms with Crippen molar-refractivity contribution in [1.82, 2.24) is 4.72 Å². The fraction of sp³-hybridized carbons (Fsp3) is 0.240. The van der Waals surface area contributed by atoms with Crippen molar-refractivity contribution in [2.24, 2.45) is 0 Å². The minimum absolute atomic E-state index is 0.117. The summed E-state index contributed by atoms with van der Waals surface area (Å²) in [4.78, 5) is 15.0. The highest BCUT2D eigenvalue weighted by atomic mass is 32.2. The first-order chi connectivity index (χ1) is 15.9. The maximum absolute atomic E-state index is 14.2. The Morgan fingerprint density at radius 2 is 1.64 bits per heavy atom. The van der Waals surface area contributed by atoms with Crippen LogP contribution in [0.15, 0.2) is 83.8 Å². The number of anilines is 2. The number of nitrogens with zero attached hydrogens (tertiary/aromatic N) is 1. The van der Waals surface area contributed by atoms with E-state index in [1.807, 2.05) is 48.5 Å². The van der Waals surface area contributed by atoms with Gasteiger partial charge in [-0.05, 0) is 55.2 Å². The molecule has 1 unspecified atom stereocenters. The number of rotatable bonds is 8. The number of carbonyl (C=O) groups excluding carboxylic acids is 1. The zero-order chi connectivity index (χ0) is 23.3. The first-order valence-electron chi connectivity index (χ1n) is 10.9. The lowest BCUT2D eigenvalue weighted by Gasteiger charge is -2.21. The SMILES string of the molecule is O=C(Nc1cccc(N2CCCC2)c1)C(Cc1ccccc1)NS(=O)(=O)c1ccccc1F. The van der Waals surface area contributed by atoms with E-state index in [1.54, 1.807) is 6.07 Å². The van der Waals surface area contributed by atoms with Gasteiger partial charge in [0.2, 0.25) is 15.9 Å². The van der Waals surface area contributed by atoms with Crippen LogP contribution in [-0.2, 0) is 21.2 Å². The fourth-order valence-corrected chi connectivity index (χ4v) is 5.21. The summed E-state index contributed by atoms with van der Waals surface area (Å²) in [6.45, 7) is 1.94. The Morgan fingerprint density at radius 3 is 2.36 bits per heavy atom. The molecule has 1 aliphatic rings. The third kappa shape index (κ3) is 5.77. The van der Waals surface area contributed by atoms with Crippen molar-refractivity contribution in [1.29, 1.82) is 0 Å². The van der Waals surface area contributed by atoms with Crippen molar-refractivity contribution in [2.75, 3.05) is 23.3 Å². The molecule has 1 heterocycles. The molecule has 1 fully saturated rings. The Balaban J connectivity index is 1.57. The number of halogens is 1. The summed E-state index contributed by atoms with van der Waals surface area (Å²) >= 11 is 0. The van der Waals surface area contributed by atoms with Gasteiger partial charge in [-0.25, -0.2) is 12.8 Å². The first kappa shape index (κ1) is 22.9. The van der Waals surface area contributed by atoms with Crippen molar-refractivity contribution in [2.45, 2.75) is 30.2 Å². The Hall–Kier alpha value is -3.23. The van der Waals surface area contributed by atoms with Crippen LogP contribution < -0.4 is 14.9 Å². The van der Waals surface area contributed by atoms with Crippen molar-refractivity contribution >= 4 is 27.3 Å². The zero-order valence-electron chi connectivity index (χ0n) is 18.1. The first-order valence-corrected chi connectivity index (χ1v) is 12.4. The van der Waals surface area contributed by atoms with E-state index in [1.165, 1.54) is 18.2 Å². The van der Waals surface area contributed by atoms with Crippen LogP contribution in [0.2, 0.25) is 0 Å². The molecule has 1 amide bonds. The summed E-state index contributed by atoms with van der Waals surface area (Å²) in [5.74, 6) is -1.39. The highest BCUT2D eigenvalue weighted by molar-refractivity contribution is 7.89. The van der Waals surface area contributed by atoms with Gasteiger partial charge in [0.1, 0.15) is 16.8 Å². The van der Waals surface area contributed by atoms with E-state index in [0.717, 1.165) is 43.2 Å². The van der Waals surface area contributed by atoms with Gasteiger partial charge in [-0.1, -0.05) is 48.5 Å². The molecule has 1 aliphatic heterocycles. The van der Waals surface area contributed by atoms with Crippen molar-refractivity contribution < 1.29 is 17.6 Å². The van der Waals surface area contributed by atoms with Gasteiger partial charge in [-0.3, -0.25) is 4.79 Å². The van der Waals surface area contributed by atoms with Crippen LogP contribution in [0, 0.1) is 5.82 Å². The highest BCUT2D eigenvalue weighted by Crippen LogP contribution is 2.24. The van der Waals surface area contributed by atoms with Crippen LogP contribution in [0.3, 0.4) is 0 Å². The third-order valence-corrected chi connectivity index (χ3v) is 7.11. The molecule has 6 nitrogen and oxygen atoms in total. The lowest BCUT2D eigenvalue weighted by Crippen LogP contribution is -2.45. The van der Waals surface area contributed by atoms with E-state index >= 15 is 0 Å². The van der Waals surface area contributed by atoms with Crippen molar-refractivity contribution in [3.05, 3.63) is 90.2 Å². The van der Waals surface area contributed by atoms with Gasteiger partial charge < -0.3 is 10.2 Å². The Morgan fingerprint density at radius 1 is 0.939 bits per heavy atom. The molecule has 0 aliphatic carbocycles. The van der Waals surface area contributed by atoms with Crippen LogP contribution in [0.1, 0.15) is 18.4 Å². The highest BCUT2D eigenvalue weighted by Gasteiger charge is 2.28. The number of hydrogen-bond acceptors (Lipinski definition) is 4. The lowest BCUT2D eigenvalue weighted by molar-refractivity contribution is -0.117. The average Bonchev–Trinajstić information content (AvgIpc) is 3.35. The number of hydrogen-bond donors (Lipinski definition) is 2. The standard InChI is InChI=1S/C25H26FN3O3S/c26-22-13-4-5-14-24(22)33(31,32)28-23(17-19-9-2-1-3-10-19)25(30)27-20-11-8-12-21(18-20)29-15-6-7-16-29/h1-5,8-14,18,23,28H,6-7,15-17H2,(H,27,30). The molecule has 0 bridgehead atoms. The average molecular weight is 468 g/mol. The summed E-state index contributed by atoms with van der Waals surface area (Å²) in [5, 5.41) is 2.83. The molecule has 0 saturated carbocycles. The fourth-order valence-electron chi connectivity index (χ4n) is 3.94. The van der Waals surface area contributed by atoms with Crippen molar-refractivity contribution in [3.8, 4) is 0 Å². The summed E-state index contributed by atoms with van der Waals surface area (Å²) < 4.78 is 42.4. The molecule has 8 heteroatoms. The van der Waals surface area contributed by atoms with Crippen LogP contribution in [-0.4, -0.2) is 33.5 Å². The molecule has 2 N–H and O–H groups in total. The number of carbonyl (C=O) groups is 1. The quantitative estimate of drug-likeness (QED) is 0.526. The van der Waals surface area contributed by atoms with E-state index in [0.29, 0.717) is 5.69 Å². The van der Waals surface area contributed by atoms with Crippen LogP contribution in [0.5, 0.6) is 0 Å². The van der Waals surface area contributed by atoms with Crippen LogP contribution >= 0.6 is 0 Å². The van der Waals surface area contributed by atoms with Gasteiger partial charge in [0.15, 0.2) is 0 Å². The van der Waals surface area contributed by atoms with Crippen LogP contribution in [0.4, 0.5) is 15.8 Å². The summed E-state index contributed by atoms with van der Waals surface area (Å²) in [6, 6.07) is 20.6. The van der Waals surface area contributed by atoms with Gasteiger partial charge in [0.25, 0.3) is 0 Å². The molecule has 0 spiro atoms. The predicted octanol–water partition coefficient (Wildman–Crippen LogP) is 3.95. The minimum Gasteiger partial charge on any atom is -0.371 e. The summed E-state index contributed by atoms with van der Waals surface area (Å²) in [7, 11) is -4.26. The number of benzene rings is 3. The lowest BCUT2D eigenvalue weighted by atomic mass is 10.1. The topological polar surface area (TPSA) is 78.5 Å². The van der Waals surface area contributed by atoms with E-state index in [4.69, 9.17) is 0 Å². The molecule has 1 saturated heterocycles. The molecule has 3 aromatic rings. The molecule has 33 heavy (non-hydrogen) atoms. The summed E-state index contributed by atoms with van der Waals surface area (Å²) in [5.41, 5.74) is 2.36. The number of nitrogens with one attached hydrogen (secondary N) is 2. The summed E-state index contributed by atoms with van der Waals surface area (Å²) in [6.07, 6.45) is 2.38. The number of sulfonamides is 1. The van der Waals surface area contributed by atoms with Gasteiger partial charge in [0, 0.05) is 24.5 Å². The molecule has 1 atom stereocenters. The van der Waals surface area contributed by atoms with Crippen LogP contribution in [0.25, 0.3) is 0 Å². The Kier molecular flexibility index (Phi) is 7.05.